The van der Waals surface area contributed by atoms with Crippen molar-refractivity contribution < 1.29 is 24.6 Å². The molecular formula is C18H26N4O5. The molecule has 0 fully saturated rings. The second-order valence-electron chi connectivity index (χ2n) is 6.99. The van der Waals surface area contributed by atoms with Gasteiger partial charge in [-0.25, -0.2) is 4.79 Å². The highest BCUT2D eigenvalue weighted by atomic mass is 16.4. The highest BCUT2D eigenvalue weighted by Gasteiger charge is 2.27. The zero-order chi connectivity index (χ0) is 20.1. The summed E-state index contributed by atoms with van der Waals surface area (Å²) in [7, 11) is 0. The Morgan fingerprint density at radius 3 is 2.48 bits per heavy atom. The summed E-state index contributed by atoms with van der Waals surface area (Å²) in [6.07, 6.45) is -0.576. The van der Waals surface area contributed by atoms with Crippen molar-refractivity contribution >= 4 is 29.3 Å². The number of carbonyl (C=O) groups is 3. The minimum atomic E-state index is -1.30. The van der Waals surface area contributed by atoms with Crippen molar-refractivity contribution in [3.05, 3.63) is 23.8 Å². The SMILES string of the molecule is CC(NC(=O)C(NC(=O)O)C(C)C)C(=O)Nc1ccc2c(c1)N[C@H](CO)C2. The molecule has 0 spiro atoms. The van der Waals surface area contributed by atoms with Crippen LogP contribution in [0.2, 0.25) is 0 Å². The molecule has 2 rings (SSSR count). The van der Waals surface area contributed by atoms with Gasteiger partial charge in [-0.15, -0.1) is 0 Å². The van der Waals surface area contributed by atoms with E-state index in [0.29, 0.717) is 5.69 Å². The maximum atomic E-state index is 12.4. The molecule has 0 aromatic heterocycles. The number of benzene rings is 1. The number of fused-ring (bicyclic) bond motifs is 1. The number of aliphatic hydroxyl groups is 1. The Hall–Kier alpha value is -2.81. The smallest absolute Gasteiger partial charge is 0.405 e. The molecule has 3 amide bonds. The normalized spacial score (nSPS) is 17.4. The number of rotatable bonds is 7. The van der Waals surface area contributed by atoms with Gasteiger partial charge < -0.3 is 31.5 Å². The van der Waals surface area contributed by atoms with Crippen molar-refractivity contribution in [2.75, 3.05) is 17.2 Å². The monoisotopic (exact) mass is 378 g/mol. The lowest BCUT2D eigenvalue weighted by atomic mass is 10.0. The molecule has 1 heterocycles. The molecule has 0 aliphatic carbocycles. The first-order valence-corrected chi connectivity index (χ1v) is 8.82. The summed E-state index contributed by atoms with van der Waals surface area (Å²) >= 11 is 0. The van der Waals surface area contributed by atoms with Crippen LogP contribution in [0.4, 0.5) is 16.2 Å². The lowest BCUT2D eigenvalue weighted by molar-refractivity contribution is -0.128. The number of aliphatic hydroxyl groups excluding tert-OH is 1. The van der Waals surface area contributed by atoms with Crippen LogP contribution in [0.5, 0.6) is 0 Å². The molecule has 2 unspecified atom stereocenters. The van der Waals surface area contributed by atoms with E-state index >= 15 is 0 Å². The molecule has 0 bridgehead atoms. The fourth-order valence-corrected chi connectivity index (χ4v) is 2.90. The maximum Gasteiger partial charge on any atom is 0.405 e. The van der Waals surface area contributed by atoms with Crippen LogP contribution in [0.3, 0.4) is 0 Å². The van der Waals surface area contributed by atoms with E-state index in [1.54, 1.807) is 26.0 Å². The van der Waals surface area contributed by atoms with Gasteiger partial charge in [-0.1, -0.05) is 19.9 Å². The molecule has 6 N–H and O–H groups in total. The van der Waals surface area contributed by atoms with E-state index in [-0.39, 0.29) is 18.6 Å². The Balaban J connectivity index is 1.96. The first-order chi connectivity index (χ1) is 12.7. The van der Waals surface area contributed by atoms with Crippen molar-refractivity contribution in [3.63, 3.8) is 0 Å². The van der Waals surface area contributed by atoms with Gasteiger partial charge in [0, 0.05) is 11.4 Å². The molecule has 0 saturated carbocycles. The number of carboxylic acid groups (broad SMARTS) is 1. The lowest BCUT2D eigenvalue weighted by Crippen LogP contribution is -2.53. The van der Waals surface area contributed by atoms with Gasteiger partial charge in [0.2, 0.25) is 11.8 Å². The highest BCUT2D eigenvalue weighted by molar-refractivity contribution is 5.98. The van der Waals surface area contributed by atoms with Gasteiger partial charge >= 0.3 is 6.09 Å². The predicted octanol–water partition coefficient (Wildman–Crippen LogP) is 0.751. The van der Waals surface area contributed by atoms with Crippen LogP contribution < -0.4 is 21.3 Å². The van der Waals surface area contributed by atoms with E-state index in [4.69, 9.17) is 5.11 Å². The van der Waals surface area contributed by atoms with E-state index < -0.39 is 30.0 Å². The molecule has 1 aromatic carbocycles. The lowest BCUT2D eigenvalue weighted by Gasteiger charge is -2.22. The van der Waals surface area contributed by atoms with Crippen molar-refractivity contribution in [1.82, 2.24) is 10.6 Å². The quantitative estimate of drug-likeness (QED) is 0.414. The minimum Gasteiger partial charge on any atom is -0.465 e. The molecule has 9 heteroatoms. The van der Waals surface area contributed by atoms with E-state index in [1.807, 2.05) is 6.07 Å². The topological polar surface area (TPSA) is 140 Å². The number of hydrogen-bond donors (Lipinski definition) is 6. The van der Waals surface area contributed by atoms with Gasteiger partial charge in [-0.05, 0) is 37.0 Å². The van der Waals surface area contributed by atoms with Crippen LogP contribution in [-0.4, -0.2) is 52.9 Å². The standard InChI is InChI=1S/C18H26N4O5/c1-9(2)15(22-18(26)27)17(25)19-10(3)16(24)21-12-5-4-11-6-13(8-23)20-14(11)7-12/h4-5,7,9-10,13,15,20,22-23H,6,8H2,1-3H3,(H,19,25)(H,21,24)(H,26,27)/t10?,13-,15?/m0/s1. The molecule has 27 heavy (non-hydrogen) atoms. The van der Waals surface area contributed by atoms with Gasteiger partial charge in [-0.3, -0.25) is 9.59 Å². The summed E-state index contributed by atoms with van der Waals surface area (Å²) in [6, 6.07) is 3.59. The number of amides is 3. The second-order valence-corrected chi connectivity index (χ2v) is 6.99. The van der Waals surface area contributed by atoms with Crippen LogP contribution in [0.25, 0.3) is 0 Å². The Kier molecular flexibility index (Phi) is 6.62. The molecule has 3 atom stereocenters. The van der Waals surface area contributed by atoms with Gasteiger partial charge in [0.1, 0.15) is 12.1 Å². The first-order valence-electron chi connectivity index (χ1n) is 8.82. The molecule has 9 nitrogen and oxygen atoms in total. The zero-order valence-corrected chi connectivity index (χ0v) is 15.6. The van der Waals surface area contributed by atoms with Crippen molar-refractivity contribution in [3.8, 4) is 0 Å². The van der Waals surface area contributed by atoms with Gasteiger partial charge in [-0.2, -0.15) is 0 Å². The first kappa shape index (κ1) is 20.5. The fourth-order valence-electron chi connectivity index (χ4n) is 2.90. The Morgan fingerprint density at radius 2 is 1.89 bits per heavy atom. The zero-order valence-electron chi connectivity index (χ0n) is 15.6. The number of carbonyl (C=O) groups excluding carboxylic acids is 2. The Morgan fingerprint density at radius 1 is 1.19 bits per heavy atom. The average molecular weight is 378 g/mol. The molecule has 1 aliphatic heterocycles. The van der Waals surface area contributed by atoms with Gasteiger partial charge in [0.15, 0.2) is 0 Å². The number of anilines is 2. The largest absolute Gasteiger partial charge is 0.465 e. The van der Waals surface area contributed by atoms with E-state index in [1.165, 1.54) is 6.92 Å². The van der Waals surface area contributed by atoms with Crippen molar-refractivity contribution in [2.24, 2.45) is 5.92 Å². The molecule has 1 aliphatic rings. The Bertz CT molecular complexity index is 722. The molecule has 1 aromatic rings. The number of nitrogens with one attached hydrogen (secondary N) is 4. The summed E-state index contributed by atoms with van der Waals surface area (Å²) < 4.78 is 0. The number of hydrogen-bond acceptors (Lipinski definition) is 5. The third-order valence-electron chi connectivity index (χ3n) is 4.40. The maximum absolute atomic E-state index is 12.4. The summed E-state index contributed by atoms with van der Waals surface area (Å²) in [5.74, 6) is -1.24. The van der Waals surface area contributed by atoms with Crippen LogP contribution in [0.15, 0.2) is 18.2 Å². The van der Waals surface area contributed by atoms with Gasteiger partial charge in [0.25, 0.3) is 0 Å². The van der Waals surface area contributed by atoms with Crippen molar-refractivity contribution in [2.45, 2.75) is 45.3 Å². The van der Waals surface area contributed by atoms with Gasteiger partial charge in [0.05, 0.1) is 12.6 Å². The third kappa shape index (κ3) is 5.33. The highest BCUT2D eigenvalue weighted by Crippen LogP contribution is 2.28. The van der Waals surface area contributed by atoms with Crippen LogP contribution in [0, 0.1) is 5.92 Å². The summed E-state index contributed by atoms with van der Waals surface area (Å²) in [4.78, 5) is 35.4. The van der Waals surface area contributed by atoms with E-state index in [9.17, 15) is 19.5 Å². The summed E-state index contributed by atoms with van der Waals surface area (Å²) in [5.41, 5.74) is 2.48. The average Bonchev–Trinajstić information content (AvgIpc) is 3.01. The molecular weight excluding hydrogens is 352 g/mol. The second kappa shape index (κ2) is 8.72. The van der Waals surface area contributed by atoms with Crippen LogP contribution >= 0.6 is 0 Å². The molecule has 148 valence electrons. The summed E-state index contributed by atoms with van der Waals surface area (Å²) in [5, 5.41) is 28.7. The third-order valence-corrected chi connectivity index (χ3v) is 4.40. The van der Waals surface area contributed by atoms with Crippen LogP contribution in [-0.2, 0) is 16.0 Å². The fraction of sp³-hybridized carbons (Fsp3) is 0.500. The Labute approximate surface area is 157 Å². The van der Waals surface area contributed by atoms with E-state index in [2.05, 4.69) is 21.3 Å². The minimum absolute atomic E-state index is 0.0286. The van der Waals surface area contributed by atoms with E-state index in [0.717, 1.165) is 17.7 Å². The van der Waals surface area contributed by atoms with Crippen molar-refractivity contribution in [1.29, 1.82) is 0 Å². The summed E-state index contributed by atoms with van der Waals surface area (Å²) in [6.45, 7) is 4.98. The predicted molar refractivity (Wildman–Crippen MR) is 101 cm³/mol. The van der Waals surface area contributed by atoms with Crippen LogP contribution in [0.1, 0.15) is 26.3 Å². The molecule has 0 saturated heterocycles. The molecule has 0 radical (unpaired) electrons.